The van der Waals surface area contributed by atoms with E-state index in [9.17, 15) is 9.00 Å². The van der Waals surface area contributed by atoms with E-state index in [-0.39, 0.29) is 0 Å². The predicted molar refractivity (Wildman–Crippen MR) is 106 cm³/mol. The zero-order valence-corrected chi connectivity index (χ0v) is 16.8. The number of rotatable bonds is 4. The summed E-state index contributed by atoms with van der Waals surface area (Å²) in [7, 11) is 3.25. The average molecular weight is 388 g/mol. The molecule has 1 heterocycles. The molecule has 2 aromatic rings. The Morgan fingerprint density at radius 1 is 1.15 bits per heavy atom. The molecule has 0 aliphatic carbocycles. The third-order valence-corrected chi connectivity index (χ3v) is 6.03. The maximum Gasteiger partial charge on any atom is 0.328 e. The van der Waals surface area contributed by atoms with Crippen LogP contribution in [-0.4, -0.2) is 40.7 Å². The van der Waals surface area contributed by atoms with Gasteiger partial charge in [0.05, 0.1) is 7.11 Å². The molecule has 1 aliphatic heterocycles. The van der Waals surface area contributed by atoms with Crippen molar-refractivity contribution in [3.8, 4) is 5.75 Å². The smallest absolute Gasteiger partial charge is 0.328 e. The highest BCUT2D eigenvalue weighted by atomic mass is 32.2. The highest BCUT2D eigenvalue weighted by Crippen LogP contribution is 2.33. The fourth-order valence-electron chi connectivity index (χ4n) is 3.30. The molecule has 1 aliphatic rings. The van der Waals surface area contributed by atoms with Gasteiger partial charge in [0.1, 0.15) is 11.3 Å². The minimum absolute atomic E-state index is 0.296. The number of nitrogens with zero attached hydrogens (tertiary/aromatic N) is 2. The van der Waals surface area contributed by atoms with Crippen LogP contribution in [0, 0.1) is 6.92 Å². The molecule has 0 aromatic heterocycles. The minimum Gasteiger partial charge on any atom is -0.468 e. The van der Waals surface area contributed by atoms with E-state index in [1.807, 2.05) is 55.3 Å². The first-order valence-electron chi connectivity index (χ1n) is 8.67. The van der Waals surface area contributed by atoms with E-state index >= 15 is 0 Å². The Morgan fingerprint density at radius 2 is 1.81 bits per heavy atom. The maximum atomic E-state index is 13.1. The van der Waals surface area contributed by atoms with Crippen LogP contribution in [0.4, 0.5) is 5.69 Å². The van der Waals surface area contributed by atoms with Crippen molar-refractivity contribution in [2.45, 2.75) is 25.9 Å². The van der Waals surface area contributed by atoms with Crippen LogP contribution in [0.1, 0.15) is 18.1 Å². The van der Waals surface area contributed by atoms with Gasteiger partial charge in [-0.25, -0.2) is 4.79 Å². The highest BCUT2D eigenvalue weighted by molar-refractivity contribution is 7.78. The highest BCUT2D eigenvalue weighted by Gasteiger charge is 2.47. The van der Waals surface area contributed by atoms with Crippen molar-refractivity contribution in [2.75, 3.05) is 25.6 Å². The van der Waals surface area contributed by atoms with Gasteiger partial charge in [-0.1, -0.05) is 35.9 Å². The van der Waals surface area contributed by atoms with Gasteiger partial charge in [0.25, 0.3) is 11.3 Å². The van der Waals surface area contributed by atoms with Gasteiger partial charge in [0, 0.05) is 25.8 Å². The first-order chi connectivity index (χ1) is 12.8. The van der Waals surface area contributed by atoms with Crippen molar-refractivity contribution >= 4 is 22.9 Å². The van der Waals surface area contributed by atoms with Crippen LogP contribution in [0.5, 0.6) is 5.75 Å². The summed E-state index contributed by atoms with van der Waals surface area (Å²) in [6, 6.07) is 15.1. The van der Waals surface area contributed by atoms with Crippen molar-refractivity contribution in [1.29, 1.82) is 0 Å². The Hall–Kier alpha value is -2.38. The second-order valence-corrected chi connectivity index (χ2v) is 7.94. The minimum atomic E-state index is -1.88. The predicted octanol–water partition coefficient (Wildman–Crippen LogP) is 2.84. The number of carbonyl (C=O) groups excluding carboxylic acids is 1. The Balaban J connectivity index is 1.98. The van der Waals surface area contributed by atoms with E-state index in [4.69, 9.17) is 8.92 Å². The zero-order chi connectivity index (χ0) is 19.6. The monoisotopic (exact) mass is 388 g/mol. The molecule has 0 radical (unpaired) electrons. The molecular formula is C20H24N2O4S. The summed E-state index contributed by atoms with van der Waals surface area (Å²) in [6.45, 7) is 4.32. The van der Waals surface area contributed by atoms with Crippen molar-refractivity contribution in [1.82, 2.24) is 4.31 Å². The SMILES string of the molecule is COC(=O)C1(C)CN(C)c2ccccc2CN1S(=O)Oc1ccc(C)cc1. The number of fused-ring (bicyclic) bond motifs is 1. The molecule has 0 saturated heterocycles. The molecule has 7 heteroatoms. The van der Waals surface area contributed by atoms with Gasteiger partial charge in [-0.3, -0.25) is 0 Å². The summed E-state index contributed by atoms with van der Waals surface area (Å²) >= 11 is -1.88. The van der Waals surface area contributed by atoms with Gasteiger partial charge in [-0.2, -0.15) is 8.51 Å². The Bertz CT molecular complexity index is 855. The number of methoxy groups -OCH3 is 1. The lowest BCUT2D eigenvalue weighted by molar-refractivity contribution is -0.150. The van der Waals surface area contributed by atoms with Crippen molar-refractivity contribution in [3.05, 3.63) is 59.7 Å². The number of likely N-dealkylation sites (N-methyl/N-ethyl adjacent to an activating group) is 1. The summed E-state index contributed by atoms with van der Waals surface area (Å²) in [5.74, 6) is 0.0278. The van der Waals surface area contributed by atoms with Gasteiger partial charge in [0.2, 0.25) is 0 Å². The third kappa shape index (κ3) is 3.84. The van der Waals surface area contributed by atoms with Crippen LogP contribution >= 0.6 is 0 Å². The number of aryl methyl sites for hydroxylation is 1. The van der Waals surface area contributed by atoms with E-state index in [1.165, 1.54) is 7.11 Å². The number of anilines is 1. The molecule has 0 saturated carbocycles. The number of ether oxygens (including phenoxy) is 1. The molecule has 3 rings (SSSR count). The molecule has 2 unspecified atom stereocenters. The number of hydrogen-bond donors (Lipinski definition) is 0. The summed E-state index contributed by atoms with van der Waals surface area (Å²) in [4.78, 5) is 14.7. The van der Waals surface area contributed by atoms with E-state index < -0.39 is 22.8 Å². The van der Waals surface area contributed by atoms with Crippen molar-refractivity contribution in [3.63, 3.8) is 0 Å². The van der Waals surface area contributed by atoms with Gasteiger partial charge < -0.3 is 13.8 Å². The Labute approximate surface area is 162 Å². The Morgan fingerprint density at radius 3 is 2.48 bits per heavy atom. The maximum absolute atomic E-state index is 13.1. The quantitative estimate of drug-likeness (QED) is 0.754. The van der Waals surface area contributed by atoms with Crippen molar-refractivity contribution < 1.29 is 17.9 Å². The topological polar surface area (TPSA) is 59.1 Å². The van der Waals surface area contributed by atoms with Crippen LogP contribution in [0.2, 0.25) is 0 Å². The summed E-state index contributed by atoms with van der Waals surface area (Å²) in [5.41, 5.74) is 1.90. The zero-order valence-electron chi connectivity index (χ0n) is 16.0. The lowest BCUT2D eigenvalue weighted by Gasteiger charge is -2.36. The number of para-hydroxylation sites is 1. The molecule has 2 atom stereocenters. The van der Waals surface area contributed by atoms with E-state index in [2.05, 4.69) is 0 Å². The fourth-order valence-corrected chi connectivity index (χ4v) is 4.37. The lowest BCUT2D eigenvalue weighted by Crippen LogP contribution is -2.58. The Kier molecular flexibility index (Phi) is 5.53. The molecule has 2 aromatic carbocycles. The normalized spacial score (nSPS) is 21.1. The largest absolute Gasteiger partial charge is 0.468 e. The van der Waals surface area contributed by atoms with Gasteiger partial charge >= 0.3 is 5.97 Å². The standard InChI is InChI=1S/C20H24N2O4S/c1-15-9-11-17(12-10-15)26-27(24)22-13-16-7-5-6-8-18(16)21(3)14-20(22,2)19(23)25-4/h5-12H,13-14H2,1-4H3. The van der Waals surface area contributed by atoms with Gasteiger partial charge in [0.15, 0.2) is 0 Å². The van der Waals surface area contributed by atoms with Crippen LogP contribution < -0.4 is 9.08 Å². The lowest BCUT2D eigenvalue weighted by atomic mass is 10.0. The molecule has 0 amide bonds. The number of hydrogen-bond acceptors (Lipinski definition) is 5. The second-order valence-electron chi connectivity index (χ2n) is 6.90. The molecular weight excluding hydrogens is 364 g/mol. The van der Waals surface area contributed by atoms with Crippen LogP contribution in [-0.2, 0) is 27.3 Å². The number of benzene rings is 2. The third-order valence-electron chi connectivity index (χ3n) is 4.81. The first-order valence-corrected chi connectivity index (χ1v) is 9.70. The molecule has 0 bridgehead atoms. The molecule has 0 fully saturated rings. The second kappa shape index (κ2) is 7.70. The first kappa shape index (κ1) is 19.4. The number of esters is 1. The molecule has 0 N–H and O–H groups in total. The van der Waals surface area contributed by atoms with Crippen LogP contribution in [0.3, 0.4) is 0 Å². The summed E-state index contributed by atoms with van der Waals surface area (Å²) in [5, 5.41) is 0. The van der Waals surface area contributed by atoms with Crippen LogP contribution in [0.15, 0.2) is 48.5 Å². The average Bonchev–Trinajstić information content (AvgIpc) is 2.78. The number of carbonyl (C=O) groups is 1. The van der Waals surface area contributed by atoms with Crippen LogP contribution in [0.25, 0.3) is 0 Å². The van der Waals surface area contributed by atoms with E-state index in [0.717, 1.165) is 16.8 Å². The molecule has 6 nitrogen and oxygen atoms in total. The summed E-state index contributed by atoms with van der Waals surface area (Å²) < 4.78 is 25.4. The van der Waals surface area contributed by atoms with Gasteiger partial charge in [-0.05, 0) is 37.6 Å². The molecule has 27 heavy (non-hydrogen) atoms. The van der Waals surface area contributed by atoms with Crippen molar-refractivity contribution in [2.24, 2.45) is 0 Å². The fraction of sp³-hybridized carbons (Fsp3) is 0.350. The van der Waals surface area contributed by atoms with E-state index in [1.54, 1.807) is 23.4 Å². The van der Waals surface area contributed by atoms with E-state index in [0.29, 0.717) is 18.8 Å². The van der Waals surface area contributed by atoms with Gasteiger partial charge in [-0.15, -0.1) is 0 Å². The summed E-state index contributed by atoms with van der Waals surface area (Å²) in [6.07, 6.45) is 0. The molecule has 144 valence electrons. The molecule has 0 spiro atoms.